The number of benzene rings is 1. The van der Waals surface area contributed by atoms with Crippen molar-refractivity contribution >= 4 is 5.78 Å². The molecule has 2 aliphatic heterocycles. The number of aryl methyl sites for hydroxylation is 1. The first kappa shape index (κ1) is 14.8. The number of fused-ring (bicyclic) bond motifs is 4. The van der Waals surface area contributed by atoms with E-state index in [4.69, 9.17) is 0 Å². The molecule has 2 nitrogen and oxygen atoms in total. The summed E-state index contributed by atoms with van der Waals surface area (Å²) in [5, 5.41) is 0. The van der Waals surface area contributed by atoms with Gasteiger partial charge in [0.05, 0.1) is 0 Å². The molecule has 0 radical (unpaired) electrons. The van der Waals surface area contributed by atoms with Gasteiger partial charge in [-0.3, -0.25) is 4.79 Å². The number of piperidine rings is 1. The minimum atomic E-state index is 0.229. The fourth-order valence-electron chi connectivity index (χ4n) is 4.48. The zero-order valence-electron chi connectivity index (χ0n) is 13.5. The second kappa shape index (κ2) is 5.92. The van der Waals surface area contributed by atoms with Crippen LogP contribution < -0.4 is 0 Å². The smallest absolute Gasteiger partial charge is 0.136 e. The summed E-state index contributed by atoms with van der Waals surface area (Å²) in [5.74, 6) is 1.67. The van der Waals surface area contributed by atoms with Crippen molar-refractivity contribution in [3.05, 3.63) is 35.4 Å². The van der Waals surface area contributed by atoms with Gasteiger partial charge in [-0.05, 0) is 50.6 Å². The highest BCUT2D eigenvalue weighted by atomic mass is 16.1. The average molecular weight is 285 g/mol. The number of ketones is 1. The van der Waals surface area contributed by atoms with E-state index in [1.54, 1.807) is 0 Å². The topological polar surface area (TPSA) is 20.3 Å². The predicted octanol–water partition coefficient (Wildman–Crippen LogP) is 3.79. The van der Waals surface area contributed by atoms with Gasteiger partial charge in [0.2, 0.25) is 0 Å². The molecule has 1 aromatic carbocycles. The molecule has 2 heteroatoms. The summed E-state index contributed by atoms with van der Waals surface area (Å²) in [4.78, 5) is 15.1. The number of rotatable bonds is 3. The predicted molar refractivity (Wildman–Crippen MR) is 86.5 cm³/mol. The fourth-order valence-corrected chi connectivity index (χ4v) is 4.48. The van der Waals surface area contributed by atoms with Crippen molar-refractivity contribution in [2.24, 2.45) is 11.8 Å². The van der Waals surface area contributed by atoms with E-state index in [0.29, 0.717) is 30.1 Å². The van der Waals surface area contributed by atoms with E-state index in [9.17, 15) is 4.79 Å². The molecule has 0 amide bonds. The number of nitrogens with zero attached hydrogens (tertiary/aromatic N) is 1. The Bertz CT molecular complexity index is 507. The SMILES string of the molecule is CCC(=O)[C@H]1C2CCC(C[C@@H]1c1ccc(C)cc1)N(C)C2. The lowest BCUT2D eigenvalue weighted by Gasteiger charge is -2.35. The summed E-state index contributed by atoms with van der Waals surface area (Å²) in [7, 11) is 2.24. The van der Waals surface area contributed by atoms with Gasteiger partial charge in [-0.1, -0.05) is 36.8 Å². The van der Waals surface area contributed by atoms with Gasteiger partial charge in [0.1, 0.15) is 5.78 Å². The van der Waals surface area contributed by atoms with Crippen LogP contribution in [-0.2, 0) is 4.79 Å². The van der Waals surface area contributed by atoms with Crippen molar-refractivity contribution < 1.29 is 4.79 Å². The normalized spacial score (nSPS) is 32.9. The van der Waals surface area contributed by atoms with Crippen LogP contribution in [0.5, 0.6) is 0 Å². The molecule has 2 bridgehead atoms. The van der Waals surface area contributed by atoms with Gasteiger partial charge in [-0.2, -0.15) is 0 Å². The molecule has 2 saturated heterocycles. The summed E-state index contributed by atoms with van der Waals surface area (Å²) in [6.45, 7) is 5.25. The van der Waals surface area contributed by atoms with Crippen molar-refractivity contribution in [2.45, 2.75) is 51.5 Å². The van der Waals surface area contributed by atoms with Gasteiger partial charge in [-0.25, -0.2) is 0 Å². The Hall–Kier alpha value is -1.15. The Morgan fingerprint density at radius 3 is 2.57 bits per heavy atom. The Morgan fingerprint density at radius 2 is 1.95 bits per heavy atom. The number of hydrogen-bond donors (Lipinski definition) is 0. The van der Waals surface area contributed by atoms with Crippen LogP contribution in [0.3, 0.4) is 0 Å². The molecule has 4 atom stereocenters. The summed E-state index contributed by atoms with van der Waals surface area (Å²) >= 11 is 0. The first-order valence-electron chi connectivity index (χ1n) is 8.39. The molecule has 0 N–H and O–H groups in total. The lowest BCUT2D eigenvalue weighted by atomic mass is 9.74. The Labute approximate surface area is 128 Å². The molecule has 4 rings (SSSR count). The van der Waals surface area contributed by atoms with E-state index < -0.39 is 0 Å². The first-order valence-corrected chi connectivity index (χ1v) is 8.39. The molecule has 114 valence electrons. The van der Waals surface area contributed by atoms with E-state index >= 15 is 0 Å². The quantitative estimate of drug-likeness (QED) is 0.842. The monoisotopic (exact) mass is 285 g/mol. The van der Waals surface area contributed by atoms with Crippen LogP contribution in [0.25, 0.3) is 0 Å². The van der Waals surface area contributed by atoms with Crippen molar-refractivity contribution in [3.63, 3.8) is 0 Å². The van der Waals surface area contributed by atoms with Gasteiger partial charge in [0.25, 0.3) is 0 Å². The minimum Gasteiger partial charge on any atom is -0.303 e. The Kier molecular flexibility index (Phi) is 4.17. The third-order valence-corrected chi connectivity index (χ3v) is 5.71. The van der Waals surface area contributed by atoms with Crippen LogP contribution in [0.15, 0.2) is 24.3 Å². The molecule has 1 aromatic rings. The largest absolute Gasteiger partial charge is 0.303 e. The fraction of sp³-hybridized carbons (Fsp3) is 0.632. The minimum absolute atomic E-state index is 0.229. The van der Waals surface area contributed by atoms with Crippen molar-refractivity contribution in [1.29, 1.82) is 0 Å². The van der Waals surface area contributed by atoms with Crippen LogP contribution in [0, 0.1) is 18.8 Å². The van der Waals surface area contributed by atoms with E-state index in [2.05, 4.69) is 43.1 Å². The number of carbonyl (C=O) groups excluding carboxylic acids is 1. The lowest BCUT2D eigenvalue weighted by molar-refractivity contribution is -0.125. The van der Waals surface area contributed by atoms with E-state index in [1.165, 1.54) is 24.0 Å². The number of carbonyl (C=O) groups is 1. The van der Waals surface area contributed by atoms with Crippen LogP contribution >= 0.6 is 0 Å². The standard InChI is InChI=1S/C19H27NO/c1-4-18(21)19-15-9-10-16(20(3)12-15)11-17(19)14-7-5-13(2)6-8-14/h5-8,15-17,19H,4,9-12H2,1-3H3/t15?,16?,17-,19+/m1/s1. The lowest BCUT2D eigenvalue weighted by Crippen LogP contribution is -2.40. The van der Waals surface area contributed by atoms with Crippen LogP contribution in [0.1, 0.15) is 49.7 Å². The maximum atomic E-state index is 12.6. The van der Waals surface area contributed by atoms with Gasteiger partial charge in [0.15, 0.2) is 0 Å². The summed E-state index contributed by atoms with van der Waals surface area (Å²) < 4.78 is 0. The Morgan fingerprint density at radius 1 is 1.24 bits per heavy atom. The third kappa shape index (κ3) is 2.78. The number of Topliss-reactive ketones (excluding diaryl/α,β-unsaturated/α-hetero) is 1. The van der Waals surface area contributed by atoms with Crippen molar-refractivity contribution in [1.82, 2.24) is 4.90 Å². The molecule has 0 aromatic heterocycles. The second-order valence-corrected chi connectivity index (χ2v) is 7.03. The average Bonchev–Trinajstić information content (AvgIpc) is 2.75. The van der Waals surface area contributed by atoms with Gasteiger partial charge in [0, 0.05) is 24.9 Å². The summed E-state index contributed by atoms with van der Waals surface area (Å²) in [6, 6.07) is 9.54. The molecular formula is C19H27NO. The van der Waals surface area contributed by atoms with E-state index in [-0.39, 0.29) is 5.92 Å². The van der Waals surface area contributed by atoms with Gasteiger partial charge < -0.3 is 4.90 Å². The number of hydrogen-bond acceptors (Lipinski definition) is 2. The van der Waals surface area contributed by atoms with Crippen LogP contribution in [0.2, 0.25) is 0 Å². The molecule has 2 unspecified atom stereocenters. The first-order chi connectivity index (χ1) is 10.1. The van der Waals surface area contributed by atoms with Gasteiger partial charge in [-0.15, -0.1) is 0 Å². The van der Waals surface area contributed by atoms with Crippen LogP contribution in [-0.4, -0.2) is 30.3 Å². The molecular weight excluding hydrogens is 258 g/mol. The Balaban J connectivity index is 1.98. The maximum Gasteiger partial charge on any atom is 0.136 e. The zero-order chi connectivity index (χ0) is 15.0. The van der Waals surface area contributed by atoms with E-state index in [0.717, 1.165) is 13.0 Å². The summed E-state index contributed by atoms with van der Waals surface area (Å²) in [5.41, 5.74) is 2.67. The molecule has 21 heavy (non-hydrogen) atoms. The van der Waals surface area contributed by atoms with E-state index in [1.807, 2.05) is 6.92 Å². The maximum absolute atomic E-state index is 12.6. The molecule has 3 fully saturated rings. The van der Waals surface area contributed by atoms with Crippen LogP contribution in [0.4, 0.5) is 0 Å². The van der Waals surface area contributed by atoms with Crippen molar-refractivity contribution in [3.8, 4) is 0 Å². The highest BCUT2D eigenvalue weighted by Crippen LogP contribution is 2.45. The second-order valence-electron chi connectivity index (χ2n) is 7.03. The van der Waals surface area contributed by atoms with Crippen molar-refractivity contribution in [2.75, 3.05) is 13.6 Å². The summed E-state index contributed by atoms with van der Waals surface area (Å²) in [6.07, 6.45) is 4.31. The molecule has 3 aliphatic rings. The van der Waals surface area contributed by atoms with Gasteiger partial charge >= 0.3 is 0 Å². The third-order valence-electron chi connectivity index (χ3n) is 5.71. The molecule has 0 spiro atoms. The highest BCUT2D eigenvalue weighted by molar-refractivity contribution is 5.82. The highest BCUT2D eigenvalue weighted by Gasteiger charge is 2.43. The zero-order valence-corrected chi connectivity index (χ0v) is 13.5. The molecule has 1 saturated carbocycles. The molecule has 1 aliphatic carbocycles. The molecule has 2 heterocycles.